The Labute approximate surface area is 169 Å². The van der Waals surface area contributed by atoms with E-state index >= 15 is 0 Å². The predicted octanol–water partition coefficient (Wildman–Crippen LogP) is 2.45. The van der Waals surface area contributed by atoms with Gasteiger partial charge in [0.15, 0.2) is 0 Å². The molecule has 2 rings (SSSR count). The lowest BCUT2D eigenvalue weighted by Crippen LogP contribution is -2.33. The van der Waals surface area contributed by atoms with Gasteiger partial charge in [-0.05, 0) is 30.8 Å². The van der Waals surface area contributed by atoms with Crippen molar-refractivity contribution >= 4 is 33.5 Å². The zero-order valence-corrected chi connectivity index (χ0v) is 17.1. The highest BCUT2D eigenvalue weighted by Gasteiger charge is 2.22. The topological polar surface area (TPSA) is 92.8 Å². The summed E-state index contributed by atoms with van der Waals surface area (Å²) in [5.41, 5.74) is 0.898. The first-order valence-corrected chi connectivity index (χ1v) is 10.3. The second-order valence-corrected chi connectivity index (χ2v) is 8.18. The minimum atomic E-state index is -3.74. The molecule has 9 heteroatoms. The molecular weight excluding hydrogens is 404 g/mol. The molecule has 0 unspecified atom stereocenters. The van der Waals surface area contributed by atoms with Gasteiger partial charge in [-0.15, -0.1) is 0 Å². The Morgan fingerprint density at radius 1 is 1.14 bits per heavy atom. The molecule has 0 fully saturated rings. The van der Waals surface area contributed by atoms with Crippen molar-refractivity contribution < 1.29 is 22.7 Å². The molecule has 2 aromatic carbocycles. The molecule has 0 saturated heterocycles. The molecule has 1 N–H and O–H groups in total. The Balaban J connectivity index is 2.37. The van der Waals surface area contributed by atoms with Crippen LogP contribution < -0.4 is 4.72 Å². The maximum Gasteiger partial charge on any atom is 0.307 e. The standard InChI is InChI=1S/C19H21ClN2O5S/c1-21-28(25,26)15-8-9-17(20)16(12-15)19(24)22(11-10-18(23)27-2)13-14-6-4-3-5-7-14/h3-9,12,21H,10-11,13H2,1-2H3. The van der Waals surface area contributed by atoms with Crippen molar-refractivity contribution in [2.24, 2.45) is 0 Å². The van der Waals surface area contributed by atoms with E-state index in [-0.39, 0.29) is 35.0 Å². The van der Waals surface area contributed by atoms with Crippen LogP contribution >= 0.6 is 11.6 Å². The first-order valence-electron chi connectivity index (χ1n) is 8.41. The summed E-state index contributed by atoms with van der Waals surface area (Å²) in [5, 5.41) is 0.121. The van der Waals surface area contributed by atoms with Gasteiger partial charge in [0.25, 0.3) is 5.91 Å². The predicted molar refractivity (Wildman–Crippen MR) is 106 cm³/mol. The van der Waals surface area contributed by atoms with E-state index in [4.69, 9.17) is 11.6 Å². The zero-order valence-electron chi connectivity index (χ0n) is 15.5. The van der Waals surface area contributed by atoms with Gasteiger partial charge in [-0.25, -0.2) is 13.1 Å². The highest BCUT2D eigenvalue weighted by molar-refractivity contribution is 7.89. The van der Waals surface area contributed by atoms with Crippen LogP contribution in [0.4, 0.5) is 0 Å². The molecule has 150 valence electrons. The van der Waals surface area contributed by atoms with E-state index in [1.807, 2.05) is 30.3 Å². The summed E-state index contributed by atoms with van der Waals surface area (Å²) < 4.78 is 31.0. The molecule has 1 amide bonds. The Morgan fingerprint density at radius 2 is 1.82 bits per heavy atom. The van der Waals surface area contributed by atoms with Gasteiger partial charge in [-0.1, -0.05) is 41.9 Å². The summed E-state index contributed by atoms with van der Waals surface area (Å²) in [7, 11) is -1.19. The van der Waals surface area contributed by atoms with Crippen LogP contribution in [-0.4, -0.2) is 45.9 Å². The first-order chi connectivity index (χ1) is 13.3. The number of amides is 1. The number of carbonyl (C=O) groups excluding carboxylic acids is 2. The maximum absolute atomic E-state index is 13.1. The summed E-state index contributed by atoms with van der Waals surface area (Å²) in [6.07, 6.45) is 0.00119. The molecular formula is C19H21ClN2O5S. The van der Waals surface area contributed by atoms with Crippen LogP contribution in [0.5, 0.6) is 0 Å². The second kappa shape index (κ2) is 9.68. The Hall–Kier alpha value is -2.42. The second-order valence-electron chi connectivity index (χ2n) is 5.89. The summed E-state index contributed by atoms with van der Waals surface area (Å²) in [4.78, 5) is 26.0. The number of sulfonamides is 1. The van der Waals surface area contributed by atoms with E-state index < -0.39 is 21.9 Å². The number of ether oxygens (including phenoxy) is 1. The minimum absolute atomic E-state index is 0.00119. The molecule has 0 saturated carbocycles. The molecule has 0 radical (unpaired) electrons. The van der Waals surface area contributed by atoms with Crippen molar-refractivity contribution in [3.05, 3.63) is 64.7 Å². The molecule has 0 bridgehead atoms. The fourth-order valence-corrected chi connectivity index (χ4v) is 3.46. The molecule has 0 aromatic heterocycles. The Kier molecular flexibility index (Phi) is 7.56. The fraction of sp³-hybridized carbons (Fsp3) is 0.263. The quantitative estimate of drug-likeness (QED) is 0.657. The van der Waals surface area contributed by atoms with Crippen LogP contribution in [0.2, 0.25) is 5.02 Å². The highest BCUT2D eigenvalue weighted by atomic mass is 35.5. The van der Waals surface area contributed by atoms with Crippen LogP contribution in [0.1, 0.15) is 22.3 Å². The van der Waals surface area contributed by atoms with Crippen LogP contribution in [0.3, 0.4) is 0 Å². The Morgan fingerprint density at radius 3 is 2.43 bits per heavy atom. The number of hydrogen-bond donors (Lipinski definition) is 1. The lowest BCUT2D eigenvalue weighted by Gasteiger charge is -2.23. The lowest BCUT2D eigenvalue weighted by molar-refractivity contribution is -0.140. The van der Waals surface area contributed by atoms with Crippen molar-refractivity contribution in [3.63, 3.8) is 0 Å². The van der Waals surface area contributed by atoms with Gasteiger partial charge >= 0.3 is 5.97 Å². The normalized spacial score (nSPS) is 11.1. The largest absolute Gasteiger partial charge is 0.469 e. The van der Waals surface area contributed by atoms with Crippen LogP contribution in [0.15, 0.2) is 53.4 Å². The van der Waals surface area contributed by atoms with Gasteiger partial charge in [0.05, 0.1) is 29.0 Å². The Bertz CT molecular complexity index is 948. The number of methoxy groups -OCH3 is 1. The number of nitrogens with zero attached hydrogens (tertiary/aromatic N) is 1. The van der Waals surface area contributed by atoms with Crippen molar-refractivity contribution in [1.29, 1.82) is 0 Å². The number of nitrogens with one attached hydrogen (secondary N) is 1. The third-order valence-electron chi connectivity index (χ3n) is 4.06. The van der Waals surface area contributed by atoms with Gasteiger partial charge in [0.1, 0.15) is 0 Å². The molecule has 7 nitrogen and oxygen atoms in total. The summed E-state index contributed by atoms with van der Waals surface area (Å²) >= 11 is 6.17. The van der Waals surface area contributed by atoms with Crippen LogP contribution in [0, 0.1) is 0 Å². The van der Waals surface area contributed by atoms with E-state index in [1.165, 1.54) is 37.3 Å². The third kappa shape index (κ3) is 5.54. The summed E-state index contributed by atoms with van der Waals surface area (Å²) in [6, 6.07) is 13.1. The number of rotatable bonds is 8. The van der Waals surface area contributed by atoms with Gasteiger partial charge in [0, 0.05) is 13.1 Å². The van der Waals surface area contributed by atoms with Crippen LogP contribution in [-0.2, 0) is 26.1 Å². The average molecular weight is 425 g/mol. The summed E-state index contributed by atoms with van der Waals surface area (Å²) in [5.74, 6) is -0.936. The van der Waals surface area contributed by atoms with Crippen molar-refractivity contribution in [2.45, 2.75) is 17.9 Å². The molecule has 0 atom stereocenters. The van der Waals surface area contributed by atoms with E-state index in [0.717, 1.165) is 5.56 Å². The molecule has 28 heavy (non-hydrogen) atoms. The zero-order chi connectivity index (χ0) is 20.7. The number of carbonyl (C=O) groups is 2. The van der Waals surface area contributed by atoms with E-state index in [0.29, 0.717) is 0 Å². The number of hydrogen-bond acceptors (Lipinski definition) is 5. The van der Waals surface area contributed by atoms with Gasteiger partial charge < -0.3 is 9.64 Å². The van der Waals surface area contributed by atoms with Gasteiger partial charge in [-0.3, -0.25) is 9.59 Å². The van der Waals surface area contributed by atoms with Crippen molar-refractivity contribution in [1.82, 2.24) is 9.62 Å². The smallest absolute Gasteiger partial charge is 0.307 e. The molecule has 0 aliphatic heterocycles. The van der Waals surface area contributed by atoms with Gasteiger partial charge in [-0.2, -0.15) is 0 Å². The van der Waals surface area contributed by atoms with Crippen molar-refractivity contribution in [3.8, 4) is 0 Å². The maximum atomic E-state index is 13.1. The number of esters is 1. The van der Waals surface area contributed by atoms with E-state index in [2.05, 4.69) is 9.46 Å². The minimum Gasteiger partial charge on any atom is -0.469 e. The number of halogens is 1. The fourth-order valence-electron chi connectivity index (χ4n) is 2.51. The molecule has 0 aliphatic rings. The molecule has 2 aromatic rings. The SMILES string of the molecule is CNS(=O)(=O)c1ccc(Cl)c(C(=O)N(CCC(=O)OC)Cc2ccccc2)c1. The van der Waals surface area contributed by atoms with Crippen LogP contribution in [0.25, 0.3) is 0 Å². The highest BCUT2D eigenvalue weighted by Crippen LogP contribution is 2.23. The average Bonchev–Trinajstić information content (AvgIpc) is 2.71. The van der Waals surface area contributed by atoms with Crippen molar-refractivity contribution in [2.75, 3.05) is 20.7 Å². The summed E-state index contributed by atoms with van der Waals surface area (Å²) in [6.45, 7) is 0.329. The molecule has 0 heterocycles. The van der Waals surface area contributed by atoms with E-state index in [1.54, 1.807) is 0 Å². The monoisotopic (exact) mass is 424 g/mol. The lowest BCUT2D eigenvalue weighted by atomic mass is 10.1. The van der Waals surface area contributed by atoms with E-state index in [9.17, 15) is 18.0 Å². The van der Waals surface area contributed by atoms with Gasteiger partial charge in [0.2, 0.25) is 10.0 Å². The third-order valence-corrected chi connectivity index (χ3v) is 5.81. The number of benzene rings is 2. The first kappa shape index (κ1) is 21.9. The molecule has 0 aliphatic carbocycles. The molecule has 0 spiro atoms.